The summed E-state index contributed by atoms with van der Waals surface area (Å²) in [6.45, 7) is 0.915. The number of nitrogens with one attached hydrogen (secondary N) is 1. The summed E-state index contributed by atoms with van der Waals surface area (Å²) in [5, 5.41) is 22.0. The monoisotopic (exact) mass is 569 g/mol. The van der Waals surface area contributed by atoms with Crippen LogP contribution in [0.4, 0.5) is 5.69 Å². The van der Waals surface area contributed by atoms with Crippen LogP contribution in [0, 0.1) is 28.6 Å². The molecule has 10 heteroatoms. The number of nitriles is 2. The van der Waals surface area contributed by atoms with Gasteiger partial charge in [0.05, 0.1) is 29.2 Å². The van der Waals surface area contributed by atoms with Crippen molar-refractivity contribution in [1.29, 1.82) is 10.5 Å². The van der Waals surface area contributed by atoms with Gasteiger partial charge in [-0.2, -0.15) is 10.5 Å². The van der Waals surface area contributed by atoms with Crippen LogP contribution in [-0.2, 0) is 14.6 Å². The van der Waals surface area contributed by atoms with Gasteiger partial charge in [0.25, 0.3) is 0 Å². The summed E-state index contributed by atoms with van der Waals surface area (Å²) in [6, 6.07) is 19.4. The van der Waals surface area contributed by atoms with Gasteiger partial charge in [0.15, 0.2) is 9.84 Å². The maximum Gasteiger partial charge on any atom is 0.226 e. The number of anilines is 1. The van der Waals surface area contributed by atoms with Crippen LogP contribution in [-0.4, -0.2) is 49.4 Å². The summed E-state index contributed by atoms with van der Waals surface area (Å²) in [4.78, 5) is 20.4. The first-order valence-electron chi connectivity index (χ1n) is 14.1. The van der Waals surface area contributed by atoms with E-state index in [1.807, 2.05) is 30.3 Å². The minimum absolute atomic E-state index is 0.112. The molecule has 0 unspecified atom stereocenters. The van der Waals surface area contributed by atoms with Crippen LogP contribution in [0.5, 0.6) is 0 Å². The second-order valence-corrected chi connectivity index (χ2v) is 13.6. The van der Waals surface area contributed by atoms with Crippen molar-refractivity contribution >= 4 is 21.4 Å². The van der Waals surface area contributed by atoms with Gasteiger partial charge in [-0.3, -0.25) is 4.79 Å². The van der Waals surface area contributed by atoms with Gasteiger partial charge in [0.1, 0.15) is 17.0 Å². The first-order chi connectivity index (χ1) is 19.8. The molecule has 0 radical (unpaired) electrons. The topological polar surface area (TPSA) is 140 Å². The summed E-state index contributed by atoms with van der Waals surface area (Å²) < 4.78 is 30.2. The summed E-state index contributed by atoms with van der Waals surface area (Å²) in [5.74, 6) is 0.657. The molecule has 1 aromatic heterocycles. The Morgan fingerprint density at radius 3 is 2.44 bits per heavy atom. The number of hydrogen-bond donors (Lipinski definition) is 1. The van der Waals surface area contributed by atoms with E-state index in [0.29, 0.717) is 60.8 Å². The molecule has 1 saturated heterocycles. The van der Waals surface area contributed by atoms with E-state index < -0.39 is 15.4 Å². The van der Waals surface area contributed by atoms with Gasteiger partial charge in [-0.05, 0) is 56.0 Å². The average Bonchev–Trinajstić information content (AvgIpc) is 3.63. The third kappa shape index (κ3) is 5.57. The van der Waals surface area contributed by atoms with Gasteiger partial charge in [-0.15, -0.1) is 0 Å². The molecule has 3 fully saturated rings. The van der Waals surface area contributed by atoms with Crippen LogP contribution >= 0.6 is 0 Å². The number of nitrogens with zero attached hydrogens (tertiary/aromatic N) is 4. The highest BCUT2D eigenvalue weighted by Gasteiger charge is 2.47. The zero-order valence-electron chi connectivity index (χ0n) is 22.7. The molecule has 2 aromatic carbocycles. The quantitative estimate of drug-likeness (QED) is 0.456. The van der Waals surface area contributed by atoms with E-state index in [4.69, 9.17) is 9.40 Å². The van der Waals surface area contributed by atoms with Crippen molar-refractivity contribution in [3.8, 4) is 34.8 Å². The minimum atomic E-state index is -2.98. The number of hydrogen-bond acceptors (Lipinski definition) is 8. The van der Waals surface area contributed by atoms with Crippen molar-refractivity contribution in [2.24, 2.45) is 5.92 Å². The van der Waals surface area contributed by atoms with Crippen molar-refractivity contribution in [3.05, 3.63) is 59.9 Å². The highest BCUT2D eigenvalue weighted by Crippen LogP contribution is 2.45. The molecule has 41 heavy (non-hydrogen) atoms. The van der Waals surface area contributed by atoms with E-state index in [-0.39, 0.29) is 29.2 Å². The minimum Gasteiger partial charge on any atom is -0.440 e. The Balaban J connectivity index is 1.36. The van der Waals surface area contributed by atoms with Crippen LogP contribution in [0.3, 0.4) is 0 Å². The largest absolute Gasteiger partial charge is 0.440 e. The fourth-order valence-electron chi connectivity index (χ4n) is 5.91. The van der Waals surface area contributed by atoms with Crippen LogP contribution in [0.1, 0.15) is 55.8 Å². The normalized spacial score (nSPS) is 22.7. The molecule has 6 rings (SSSR count). The summed E-state index contributed by atoms with van der Waals surface area (Å²) in [7, 11) is -2.98. The first kappa shape index (κ1) is 27.0. The van der Waals surface area contributed by atoms with Gasteiger partial charge in [0.2, 0.25) is 11.8 Å². The molecule has 210 valence electrons. The van der Waals surface area contributed by atoms with Crippen molar-refractivity contribution < 1.29 is 17.6 Å². The number of carbonyl (C=O) groups excluding carboxylic acids is 1. The molecule has 0 spiro atoms. The second-order valence-electron chi connectivity index (χ2n) is 11.3. The summed E-state index contributed by atoms with van der Waals surface area (Å²) in [6.07, 6.45) is 4.69. The Bertz CT molecular complexity index is 1650. The summed E-state index contributed by atoms with van der Waals surface area (Å²) in [5.41, 5.74) is 2.87. The highest BCUT2D eigenvalue weighted by atomic mass is 32.2. The molecule has 2 atom stereocenters. The van der Waals surface area contributed by atoms with E-state index in [2.05, 4.69) is 22.4 Å². The van der Waals surface area contributed by atoms with Crippen LogP contribution in [0.25, 0.3) is 22.7 Å². The Hall–Kier alpha value is -4.15. The van der Waals surface area contributed by atoms with Gasteiger partial charge in [0, 0.05) is 41.7 Å². The molecule has 2 saturated carbocycles. The molecular formula is C31H31N5O4S. The van der Waals surface area contributed by atoms with E-state index >= 15 is 0 Å². The van der Waals surface area contributed by atoms with Crippen molar-refractivity contribution in [3.63, 3.8) is 0 Å². The SMILES string of the molecule is N#Cc1cccc(-c2nc(-c3ccc(N4CCS(=O)(=O)CC4)cc3)c([C@@H]3CCCC[C@H]3C(=O)NC3(C#N)CC3)o2)c1. The number of benzene rings is 2. The zero-order chi connectivity index (χ0) is 28.6. The van der Waals surface area contributed by atoms with Crippen molar-refractivity contribution in [2.75, 3.05) is 29.5 Å². The van der Waals surface area contributed by atoms with E-state index in [1.165, 1.54) is 0 Å². The number of amides is 1. The lowest BCUT2D eigenvalue weighted by molar-refractivity contribution is -0.127. The molecule has 3 aromatic rings. The van der Waals surface area contributed by atoms with Crippen LogP contribution < -0.4 is 10.2 Å². The second kappa shape index (κ2) is 10.7. The fourth-order valence-corrected chi connectivity index (χ4v) is 7.11. The number of carbonyl (C=O) groups is 1. The van der Waals surface area contributed by atoms with Crippen LogP contribution in [0.15, 0.2) is 52.9 Å². The van der Waals surface area contributed by atoms with Crippen molar-refractivity contribution in [2.45, 2.75) is 50.0 Å². The highest BCUT2D eigenvalue weighted by molar-refractivity contribution is 7.91. The van der Waals surface area contributed by atoms with Gasteiger partial charge < -0.3 is 14.6 Å². The number of sulfone groups is 1. The number of rotatable bonds is 6. The van der Waals surface area contributed by atoms with E-state index in [9.17, 15) is 23.7 Å². The Morgan fingerprint density at radius 1 is 1.02 bits per heavy atom. The lowest BCUT2D eigenvalue weighted by Gasteiger charge is -2.30. The molecule has 1 aliphatic heterocycles. The maximum absolute atomic E-state index is 13.5. The smallest absolute Gasteiger partial charge is 0.226 e. The van der Waals surface area contributed by atoms with Gasteiger partial charge in [-0.25, -0.2) is 13.4 Å². The third-order valence-electron chi connectivity index (χ3n) is 8.51. The summed E-state index contributed by atoms with van der Waals surface area (Å²) >= 11 is 0. The van der Waals surface area contributed by atoms with Crippen molar-refractivity contribution in [1.82, 2.24) is 10.3 Å². The molecule has 2 aliphatic carbocycles. The zero-order valence-corrected chi connectivity index (χ0v) is 23.5. The van der Waals surface area contributed by atoms with Crippen LogP contribution in [0.2, 0.25) is 0 Å². The average molecular weight is 570 g/mol. The first-order valence-corrected chi connectivity index (χ1v) is 15.9. The molecule has 1 N–H and O–H groups in total. The van der Waals surface area contributed by atoms with Gasteiger partial charge >= 0.3 is 0 Å². The molecule has 3 aliphatic rings. The van der Waals surface area contributed by atoms with E-state index in [1.54, 1.807) is 18.2 Å². The Labute approximate surface area is 239 Å². The Morgan fingerprint density at radius 2 is 1.76 bits per heavy atom. The standard InChI is InChI=1S/C31H31N5O4S/c32-19-21-4-3-5-23(18-21)30-34-27(22-8-10-24(11-9-22)36-14-16-41(38,39)17-15-36)28(40-30)25-6-1-2-7-26(25)29(37)35-31(20-33)12-13-31/h3-5,8-11,18,25-26H,1-2,6-7,12-17H2,(H,35,37)/t25-,26-/m1/s1. The number of oxazole rings is 1. The lowest BCUT2D eigenvalue weighted by Crippen LogP contribution is -2.42. The third-order valence-corrected chi connectivity index (χ3v) is 10.1. The number of aromatic nitrogens is 1. The molecular weight excluding hydrogens is 538 g/mol. The molecule has 0 bridgehead atoms. The lowest BCUT2D eigenvalue weighted by atomic mass is 9.76. The molecule has 1 amide bonds. The fraction of sp³-hybridized carbons (Fsp3) is 0.419. The maximum atomic E-state index is 13.5. The Kier molecular flexibility index (Phi) is 7.04. The van der Waals surface area contributed by atoms with E-state index in [0.717, 1.165) is 30.5 Å². The van der Waals surface area contributed by atoms with Gasteiger partial charge in [-0.1, -0.05) is 31.0 Å². The molecule has 9 nitrogen and oxygen atoms in total. The molecule has 2 heterocycles. The predicted octanol–water partition coefficient (Wildman–Crippen LogP) is 4.56. The predicted molar refractivity (Wildman–Crippen MR) is 153 cm³/mol.